The molecule has 1 aromatic rings. The molecule has 14 nitrogen and oxygen atoms in total. The maximum Gasteiger partial charge on any atom is 0.410 e. The van der Waals surface area contributed by atoms with E-state index in [9.17, 15) is 36.8 Å². The van der Waals surface area contributed by atoms with Gasteiger partial charge in [-0.15, -0.1) is 6.58 Å². The minimum Gasteiger partial charge on any atom is -0.444 e. The SMILES string of the molecule is C=CCCCCC[C@H](NC(=O)N(C)C(C)(C)C)C(=O)N1C[C@H](OC(=O)N2Cc3cccc(F)c3C2)C[C@H]1C(=O)NC1(C(=O)NS(=O)(=O)C2(C)CC2)CC1. The first kappa shape index (κ1) is 40.0. The highest BCUT2D eigenvalue weighted by Crippen LogP contribution is 2.43. The molecule has 16 heteroatoms. The predicted octanol–water partition coefficient (Wildman–Crippen LogP) is 3.84. The summed E-state index contributed by atoms with van der Waals surface area (Å²) in [6.45, 7) is 10.8. The van der Waals surface area contributed by atoms with E-state index < -0.39 is 79.7 Å². The average Bonchev–Trinajstić information content (AvgIpc) is 3.94. The van der Waals surface area contributed by atoms with Crippen molar-refractivity contribution in [1.82, 2.24) is 30.1 Å². The maximum atomic E-state index is 14.4. The smallest absolute Gasteiger partial charge is 0.410 e. The predicted molar refractivity (Wildman–Crippen MR) is 194 cm³/mol. The Morgan fingerprint density at radius 3 is 2.40 bits per heavy atom. The highest BCUT2D eigenvalue weighted by molar-refractivity contribution is 7.91. The number of ether oxygens (including phenoxy) is 1. The number of nitrogens with one attached hydrogen (secondary N) is 3. The highest BCUT2D eigenvalue weighted by Gasteiger charge is 2.57. The van der Waals surface area contributed by atoms with E-state index in [1.54, 1.807) is 26.1 Å². The average molecular weight is 761 g/mol. The van der Waals surface area contributed by atoms with Gasteiger partial charge in [-0.2, -0.15) is 0 Å². The Hall–Kier alpha value is -4.21. The van der Waals surface area contributed by atoms with Gasteiger partial charge in [0.1, 0.15) is 29.5 Å². The van der Waals surface area contributed by atoms with E-state index in [0.717, 1.165) is 19.3 Å². The number of rotatable bonds is 14. The molecule has 0 aromatic heterocycles. The summed E-state index contributed by atoms with van der Waals surface area (Å²) in [6, 6.07) is 1.89. The van der Waals surface area contributed by atoms with Crippen LogP contribution in [-0.2, 0) is 42.2 Å². The fourth-order valence-electron chi connectivity index (χ4n) is 6.56. The van der Waals surface area contributed by atoms with Crippen molar-refractivity contribution in [3.63, 3.8) is 0 Å². The summed E-state index contributed by atoms with van der Waals surface area (Å²) in [4.78, 5) is 72.6. The fraction of sp³-hybridized carbons (Fsp3) is 0.649. The minimum atomic E-state index is -3.97. The lowest BCUT2D eigenvalue weighted by molar-refractivity contribution is -0.141. The van der Waals surface area contributed by atoms with E-state index in [2.05, 4.69) is 21.9 Å². The molecule has 292 valence electrons. The van der Waals surface area contributed by atoms with Crippen LogP contribution in [-0.4, -0.2) is 101 Å². The van der Waals surface area contributed by atoms with Crippen LogP contribution < -0.4 is 15.4 Å². The zero-order valence-electron chi connectivity index (χ0n) is 31.3. The van der Waals surface area contributed by atoms with Gasteiger partial charge >= 0.3 is 12.1 Å². The molecule has 2 saturated carbocycles. The van der Waals surface area contributed by atoms with Crippen molar-refractivity contribution < 1.29 is 41.5 Å². The van der Waals surface area contributed by atoms with Gasteiger partial charge in [0.15, 0.2) is 0 Å². The quantitative estimate of drug-likeness (QED) is 0.190. The lowest BCUT2D eigenvalue weighted by atomic mass is 10.0. The molecule has 0 bridgehead atoms. The number of nitrogens with zero attached hydrogens (tertiary/aromatic N) is 3. The number of hydrogen-bond donors (Lipinski definition) is 3. The maximum absolute atomic E-state index is 14.4. The van der Waals surface area contributed by atoms with Crippen LogP contribution in [0.4, 0.5) is 14.0 Å². The zero-order chi connectivity index (χ0) is 38.9. The van der Waals surface area contributed by atoms with E-state index in [-0.39, 0.29) is 45.3 Å². The second-order valence-corrected chi connectivity index (χ2v) is 18.3. The molecular weight excluding hydrogens is 708 g/mol. The summed E-state index contributed by atoms with van der Waals surface area (Å²) in [7, 11) is -2.35. The number of benzene rings is 1. The van der Waals surface area contributed by atoms with Gasteiger partial charge < -0.3 is 25.2 Å². The Labute approximate surface area is 311 Å². The summed E-state index contributed by atoms with van der Waals surface area (Å²) in [5, 5.41) is 5.57. The number of carbonyl (C=O) groups is 5. The number of carbonyl (C=O) groups excluding carboxylic acids is 5. The van der Waals surface area contributed by atoms with Gasteiger partial charge in [0.05, 0.1) is 17.8 Å². The normalized spacial score (nSPS) is 21.5. The number of sulfonamides is 1. The molecule has 3 atom stereocenters. The van der Waals surface area contributed by atoms with Crippen LogP contribution in [0.2, 0.25) is 0 Å². The van der Waals surface area contributed by atoms with E-state index in [1.807, 2.05) is 26.8 Å². The summed E-state index contributed by atoms with van der Waals surface area (Å²) in [5.74, 6) is -2.54. The molecule has 0 radical (unpaired) electrons. The Morgan fingerprint density at radius 2 is 1.79 bits per heavy atom. The van der Waals surface area contributed by atoms with Gasteiger partial charge in [-0.3, -0.25) is 24.0 Å². The van der Waals surface area contributed by atoms with E-state index in [4.69, 9.17) is 4.74 Å². The molecule has 1 saturated heterocycles. The van der Waals surface area contributed by atoms with Crippen LogP contribution in [0.1, 0.15) is 103 Å². The highest BCUT2D eigenvalue weighted by atomic mass is 32.2. The minimum absolute atomic E-state index is 0.000951. The van der Waals surface area contributed by atoms with Crippen LogP contribution in [0.25, 0.3) is 0 Å². The monoisotopic (exact) mass is 760 g/mol. The van der Waals surface area contributed by atoms with E-state index >= 15 is 0 Å². The number of halogens is 1. The molecule has 0 unspecified atom stereocenters. The first-order valence-electron chi connectivity index (χ1n) is 18.4. The molecule has 4 aliphatic rings. The molecule has 2 heterocycles. The third-order valence-electron chi connectivity index (χ3n) is 11.0. The van der Waals surface area contributed by atoms with Crippen LogP contribution in [0.15, 0.2) is 30.9 Å². The molecule has 53 heavy (non-hydrogen) atoms. The molecule has 2 aliphatic carbocycles. The molecule has 2 aliphatic heterocycles. The molecule has 5 rings (SSSR count). The first-order chi connectivity index (χ1) is 24.8. The third kappa shape index (κ3) is 8.95. The van der Waals surface area contributed by atoms with Crippen molar-refractivity contribution in [2.24, 2.45) is 0 Å². The summed E-state index contributed by atoms with van der Waals surface area (Å²) in [5.41, 5.74) is -0.987. The van der Waals surface area contributed by atoms with Gasteiger partial charge in [-0.1, -0.05) is 31.1 Å². The van der Waals surface area contributed by atoms with Crippen molar-refractivity contribution in [2.75, 3.05) is 13.6 Å². The Morgan fingerprint density at radius 1 is 1.09 bits per heavy atom. The molecule has 1 aromatic carbocycles. The zero-order valence-corrected chi connectivity index (χ0v) is 32.2. The van der Waals surface area contributed by atoms with Crippen molar-refractivity contribution in [3.05, 3.63) is 47.8 Å². The second-order valence-electron chi connectivity index (χ2n) is 16.1. The lowest BCUT2D eigenvalue weighted by Gasteiger charge is -2.34. The topological polar surface area (TPSA) is 175 Å². The molecular formula is C37H53FN6O8S. The number of amides is 6. The number of likely N-dealkylation sites (tertiary alicyclic amines) is 1. The Kier molecular flexibility index (Phi) is 11.5. The third-order valence-corrected chi connectivity index (χ3v) is 13.1. The van der Waals surface area contributed by atoms with Crippen LogP contribution in [0, 0.1) is 5.82 Å². The molecule has 0 spiro atoms. The summed E-state index contributed by atoms with van der Waals surface area (Å²) < 4.78 is 47.0. The summed E-state index contributed by atoms with van der Waals surface area (Å²) in [6.07, 6.45) is 4.52. The molecule has 6 amide bonds. The van der Waals surface area contributed by atoms with Crippen molar-refractivity contribution in [2.45, 2.75) is 139 Å². The second kappa shape index (κ2) is 15.3. The van der Waals surface area contributed by atoms with E-state index in [1.165, 1.54) is 20.8 Å². The van der Waals surface area contributed by atoms with Gasteiger partial charge in [0, 0.05) is 31.1 Å². The first-order valence-corrected chi connectivity index (χ1v) is 19.9. The number of allylic oxidation sites excluding steroid dienone is 1. The van der Waals surface area contributed by atoms with Crippen molar-refractivity contribution in [1.29, 1.82) is 0 Å². The van der Waals surface area contributed by atoms with Crippen LogP contribution in [0.3, 0.4) is 0 Å². The number of urea groups is 1. The Balaban J connectivity index is 1.35. The van der Waals surface area contributed by atoms with Gasteiger partial charge in [-0.05, 0) is 84.3 Å². The number of unbranched alkanes of at least 4 members (excludes halogenated alkanes) is 3. The fourth-order valence-corrected chi connectivity index (χ4v) is 7.89. The lowest BCUT2D eigenvalue weighted by Crippen LogP contribution is -2.59. The van der Waals surface area contributed by atoms with Crippen LogP contribution >= 0.6 is 0 Å². The Bertz CT molecular complexity index is 1740. The van der Waals surface area contributed by atoms with E-state index in [0.29, 0.717) is 30.4 Å². The van der Waals surface area contributed by atoms with Crippen molar-refractivity contribution in [3.8, 4) is 0 Å². The van der Waals surface area contributed by atoms with Crippen LogP contribution in [0.5, 0.6) is 0 Å². The van der Waals surface area contributed by atoms with Gasteiger partial charge in [-0.25, -0.2) is 22.4 Å². The number of hydrogen-bond acceptors (Lipinski definition) is 8. The van der Waals surface area contributed by atoms with Crippen molar-refractivity contribution >= 4 is 39.9 Å². The standard InChI is InChI=1S/C37H53FN6O8S/c1-7-8-9-10-11-15-28(39-33(48)42(6)35(2,3)4)31(46)44-22-25(52-34(49)43-21-24-13-12-14-27(38)26(24)23-43)20-29(44)30(45)40-37(18-19-37)32(47)41-53(50,51)36(5)16-17-36/h7,12-14,25,28-29H,1,8-11,15-23H2,2-6H3,(H,39,48)(H,40,45)(H,41,47)/t25-,28+,29+/m1/s1. The number of fused-ring (bicyclic) bond motifs is 1. The summed E-state index contributed by atoms with van der Waals surface area (Å²) >= 11 is 0. The molecule has 3 N–H and O–H groups in total. The van der Waals surface area contributed by atoms with Gasteiger partial charge in [0.2, 0.25) is 21.8 Å². The van der Waals surface area contributed by atoms with Gasteiger partial charge in [0.25, 0.3) is 5.91 Å². The largest absolute Gasteiger partial charge is 0.444 e. The molecule has 3 fully saturated rings.